The van der Waals surface area contributed by atoms with Gasteiger partial charge in [0.1, 0.15) is 11.6 Å². The molecule has 0 bridgehead atoms. The first-order chi connectivity index (χ1) is 9.72. The van der Waals surface area contributed by atoms with Crippen LogP contribution in [-0.4, -0.2) is 23.1 Å². The molecule has 1 fully saturated rings. The van der Waals surface area contributed by atoms with Crippen molar-refractivity contribution in [2.75, 3.05) is 17.7 Å². The van der Waals surface area contributed by atoms with Gasteiger partial charge in [0.2, 0.25) is 5.95 Å². The third-order valence-electron chi connectivity index (χ3n) is 3.11. The summed E-state index contributed by atoms with van der Waals surface area (Å²) in [7, 11) is 1.65. The second-order valence-corrected chi connectivity index (χ2v) is 4.99. The summed E-state index contributed by atoms with van der Waals surface area (Å²) in [5.41, 5.74) is 1.85. The van der Waals surface area contributed by atoms with Crippen molar-refractivity contribution in [2.24, 2.45) is 0 Å². The zero-order chi connectivity index (χ0) is 13.9. The van der Waals surface area contributed by atoms with Crippen LogP contribution in [0, 0.1) is 6.92 Å². The Morgan fingerprint density at radius 2 is 2.05 bits per heavy atom. The number of methoxy groups -OCH3 is 1. The molecule has 0 amide bonds. The molecular formula is C15H18N4O. The van der Waals surface area contributed by atoms with Crippen LogP contribution in [0.5, 0.6) is 5.75 Å². The lowest BCUT2D eigenvalue weighted by Gasteiger charge is -2.10. The number of hydrogen-bond donors (Lipinski definition) is 2. The van der Waals surface area contributed by atoms with Crippen LogP contribution in [0.4, 0.5) is 17.5 Å². The number of nitrogens with zero attached hydrogens (tertiary/aromatic N) is 2. The summed E-state index contributed by atoms with van der Waals surface area (Å²) in [5.74, 6) is 2.28. The van der Waals surface area contributed by atoms with Gasteiger partial charge in [-0.2, -0.15) is 4.98 Å². The standard InChI is InChI=1S/C15H18N4O/c1-10-8-14(17-11-6-7-11)19-15(16-10)18-12-4-3-5-13(9-12)20-2/h3-5,8-9,11H,6-7H2,1-2H3,(H2,16,17,18,19). The Hall–Kier alpha value is -2.30. The van der Waals surface area contributed by atoms with Crippen molar-refractivity contribution >= 4 is 17.5 Å². The number of nitrogens with one attached hydrogen (secondary N) is 2. The van der Waals surface area contributed by atoms with E-state index in [4.69, 9.17) is 4.74 Å². The van der Waals surface area contributed by atoms with Crippen molar-refractivity contribution in [1.82, 2.24) is 9.97 Å². The average Bonchev–Trinajstić information content (AvgIpc) is 3.22. The highest BCUT2D eigenvalue weighted by molar-refractivity contribution is 5.57. The molecule has 1 aliphatic carbocycles. The molecule has 1 aromatic carbocycles. The van der Waals surface area contributed by atoms with E-state index in [0.29, 0.717) is 12.0 Å². The summed E-state index contributed by atoms with van der Waals surface area (Å²) in [6.07, 6.45) is 2.45. The van der Waals surface area contributed by atoms with Crippen LogP contribution in [0.1, 0.15) is 18.5 Å². The normalized spacial score (nSPS) is 13.9. The van der Waals surface area contributed by atoms with Crippen LogP contribution >= 0.6 is 0 Å². The van der Waals surface area contributed by atoms with Crippen molar-refractivity contribution in [3.63, 3.8) is 0 Å². The Labute approximate surface area is 118 Å². The number of aryl methyl sites for hydroxylation is 1. The van der Waals surface area contributed by atoms with Gasteiger partial charge < -0.3 is 15.4 Å². The summed E-state index contributed by atoms with van der Waals surface area (Å²) in [6.45, 7) is 1.97. The molecule has 1 aliphatic rings. The number of aromatic nitrogens is 2. The molecule has 2 N–H and O–H groups in total. The number of hydrogen-bond acceptors (Lipinski definition) is 5. The first kappa shape index (κ1) is 12.7. The van der Waals surface area contributed by atoms with Crippen molar-refractivity contribution in [2.45, 2.75) is 25.8 Å². The molecule has 5 nitrogen and oxygen atoms in total. The summed E-state index contributed by atoms with van der Waals surface area (Å²) < 4.78 is 5.21. The smallest absolute Gasteiger partial charge is 0.229 e. The van der Waals surface area contributed by atoms with Gasteiger partial charge in [-0.15, -0.1) is 0 Å². The number of anilines is 3. The third-order valence-corrected chi connectivity index (χ3v) is 3.11. The Morgan fingerprint density at radius 3 is 2.80 bits per heavy atom. The zero-order valence-corrected chi connectivity index (χ0v) is 11.7. The molecule has 0 radical (unpaired) electrons. The SMILES string of the molecule is COc1cccc(Nc2nc(C)cc(NC3CC3)n2)c1. The first-order valence-corrected chi connectivity index (χ1v) is 6.76. The fourth-order valence-corrected chi connectivity index (χ4v) is 1.97. The van der Waals surface area contributed by atoms with Gasteiger partial charge in [0, 0.05) is 29.6 Å². The zero-order valence-electron chi connectivity index (χ0n) is 11.7. The summed E-state index contributed by atoms with van der Waals surface area (Å²) >= 11 is 0. The maximum Gasteiger partial charge on any atom is 0.229 e. The lowest BCUT2D eigenvalue weighted by atomic mass is 10.3. The minimum atomic E-state index is 0.578. The molecule has 1 saturated carbocycles. The fraction of sp³-hybridized carbons (Fsp3) is 0.333. The van der Waals surface area contributed by atoms with E-state index in [9.17, 15) is 0 Å². The number of rotatable bonds is 5. The van der Waals surface area contributed by atoms with Gasteiger partial charge in [0.25, 0.3) is 0 Å². The Bertz CT molecular complexity index is 611. The van der Waals surface area contributed by atoms with Crippen LogP contribution in [0.25, 0.3) is 0 Å². The molecule has 1 heterocycles. The summed E-state index contributed by atoms with van der Waals surface area (Å²) in [6, 6.07) is 10.3. The average molecular weight is 270 g/mol. The lowest BCUT2D eigenvalue weighted by Crippen LogP contribution is -2.06. The number of benzene rings is 1. The maximum atomic E-state index is 5.21. The van der Waals surface area contributed by atoms with Gasteiger partial charge in [0.15, 0.2) is 0 Å². The molecule has 3 rings (SSSR count). The van der Waals surface area contributed by atoms with Crippen molar-refractivity contribution < 1.29 is 4.74 Å². The van der Waals surface area contributed by atoms with E-state index < -0.39 is 0 Å². The second kappa shape index (κ2) is 5.36. The van der Waals surface area contributed by atoms with Crippen LogP contribution in [0.15, 0.2) is 30.3 Å². The minimum Gasteiger partial charge on any atom is -0.497 e. The second-order valence-electron chi connectivity index (χ2n) is 4.99. The third kappa shape index (κ3) is 3.17. The molecule has 20 heavy (non-hydrogen) atoms. The van der Waals surface area contributed by atoms with E-state index in [1.54, 1.807) is 7.11 Å². The molecule has 2 aromatic rings. The van der Waals surface area contributed by atoms with Crippen LogP contribution < -0.4 is 15.4 Å². The van der Waals surface area contributed by atoms with Crippen molar-refractivity contribution in [1.29, 1.82) is 0 Å². The van der Waals surface area contributed by atoms with Gasteiger partial charge >= 0.3 is 0 Å². The van der Waals surface area contributed by atoms with Crippen molar-refractivity contribution in [3.05, 3.63) is 36.0 Å². The van der Waals surface area contributed by atoms with E-state index in [1.807, 2.05) is 37.3 Å². The summed E-state index contributed by atoms with van der Waals surface area (Å²) in [5, 5.41) is 6.60. The van der Waals surface area contributed by atoms with Crippen LogP contribution in [-0.2, 0) is 0 Å². The molecule has 0 atom stereocenters. The molecule has 104 valence electrons. The van der Waals surface area contributed by atoms with Gasteiger partial charge in [0.05, 0.1) is 7.11 Å². The predicted molar refractivity (Wildman–Crippen MR) is 79.7 cm³/mol. The molecular weight excluding hydrogens is 252 g/mol. The van der Waals surface area contributed by atoms with E-state index >= 15 is 0 Å². The molecule has 5 heteroatoms. The van der Waals surface area contributed by atoms with Crippen molar-refractivity contribution in [3.8, 4) is 5.75 Å². The quantitative estimate of drug-likeness (QED) is 0.874. The Kier molecular flexibility index (Phi) is 3.41. The fourth-order valence-electron chi connectivity index (χ4n) is 1.97. The highest BCUT2D eigenvalue weighted by Gasteiger charge is 2.21. The van der Waals surface area contributed by atoms with E-state index in [2.05, 4.69) is 20.6 Å². The predicted octanol–water partition coefficient (Wildman–Crippen LogP) is 3.11. The number of ether oxygens (including phenoxy) is 1. The highest BCUT2D eigenvalue weighted by Crippen LogP contribution is 2.25. The maximum absolute atomic E-state index is 5.21. The van der Waals surface area contributed by atoms with Crippen LogP contribution in [0.2, 0.25) is 0 Å². The molecule has 0 spiro atoms. The molecule has 0 unspecified atom stereocenters. The van der Waals surface area contributed by atoms with E-state index in [0.717, 1.165) is 22.9 Å². The largest absolute Gasteiger partial charge is 0.497 e. The highest BCUT2D eigenvalue weighted by atomic mass is 16.5. The Morgan fingerprint density at radius 1 is 1.20 bits per heavy atom. The molecule has 0 saturated heterocycles. The first-order valence-electron chi connectivity index (χ1n) is 6.76. The van der Waals surface area contributed by atoms with Gasteiger partial charge in [-0.1, -0.05) is 6.07 Å². The monoisotopic (exact) mass is 270 g/mol. The van der Waals surface area contributed by atoms with Gasteiger partial charge in [-0.25, -0.2) is 4.98 Å². The Balaban J connectivity index is 1.79. The molecule has 0 aliphatic heterocycles. The van der Waals surface area contributed by atoms with Gasteiger partial charge in [-0.05, 0) is 31.9 Å². The van der Waals surface area contributed by atoms with E-state index in [1.165, 1.54) is 12.8 Å². The summed E-state index contributed by atoms with van der Waals surface area (Å²) in [4.78, 5) is 8.90. The van der Waals surface area contributed by atoms with Crippen LogP contribution in [0.3, 0.4) is 0 Å². The molecule has 1 aromatic heterocycles. The lowest BCUT2D eigenvalue weighted by molar-refractivity contribution is 0.415. The van der Waals surface area contributed by atoms with Gasteiger partial charge in [-0.3, -0.25) is 0 Å². The minimum absolute atomic E-state index is 0.578. The van der Waals surface area contributed by atoms with E-state index in [-0.39, 0.29) is 0 Å². The topological polar surface area (TPSA) is 59.1 Å².